The van der Waals surface area contributed by atoms with Crippen molar-refractivity contribution in [1.29, 1.82) is 0 Å². The second-order valence-electron chi connectivity index (χ2n) is 6.71. The van der Waals surface area contributed by atoms with Gasteiger partial charge in [0.25, 0.3) is 0 Å². The number of rotatable bonds is 3. The molecule has 1 fully saturated rings. The summed E-state index contributed by atoms with van der Waals surface area (Å²) >= 11 is 0. The lowest BCUT2D eigenvalue weighted by atomic mass is 9.94. The second kappa shape index (κ2) is 6.91. The summed E-state index contributed by atoms with van der Waals surface area (Å²) in [6, 6.07) is 9.31. The Morgan fingerprint density at radius 1 is 1.24 bits per heavy atom. The Balaban J connectivity index is 1.69. The summed E-state index contributed by atoms with van der Waals surface area (Å²) < 4.78 is 5.62. The van der Waals surface area contributed by atoms with Gasteiger partial charge in [-0.3, -0.25) is 0 Å². The van der Waals surface area contributed by atoms with Gasteiger partial charge in [0.2, 0.25) is 0 Å². The van der Waals surface area contributed by atoms with Crippen molar-refractivity contribution >= 4 is 0 Å². The molecule has 1 aliphatic heterocycles. The molecule has 1 aromatic carbocycles. The van der Waals surface area contributed by atoms with Gasteiger partial charge >= 0.3 is 0 Å². The Morgan fingerprint density at radius 2 is 2.10 bits per heavy atom. The molecule has 0 radical (unpaired) electrons. The normalized spacial score (nSPS) is 30.0. The average Bonchev–Trinajstić information content (AvgIpc) is 2.68. The van der Waals surface area contributed by atoms with Gasteiger partial charge in [0.05, 0.1) is 6.61 Å². The minimum Gasteiger partial charge on any atom is -0.381 e. The third-order valence-electron chi connectivity index (χ3n) is 5.14. The number of nitrogens with two attached hydrogens (primary N) is 1. The lowest BCUT2D eigenvalue weighted by Crippen LogP contribution is -2.43. The van der Waals surface area contributed by atoms with Crippen molar-refractivity contribution in [3.63, 3.8) is 0 Å². The number of nitrogens with zero attached hydrogens (tertiary/aromatic N) is 1. The Morgan fingerprint density at radius 3 is 2.90 bits per heavy atom. The molecule has 1 saturated heterocycles. The predicted molar refractivity (Wildman–Crippen MR) is 86.3 cm³/mol. The van der Waals surface area contributed by atoms with Crippen molar-refractivity contribution in [3.05, 3.63) is 35.4 Å². The average molecular weight is 288 g/mol. The maximum atomic E-state index is 6.62. The zero-order valence-electron chi connectivity index (χ0n) is 13.1. The first-order chi connectivity index (χ1) is 10.3. The summed E-state index contributed by atoms with van der Waals surface area (Å²) in [7, 11) is 2.24. The zero-order chi connectivity index (χ0) is 14.7. The van der Waals surface area contributed by atoms with Gasteiger partial charge in [-0.1, -0.05) is 24.3 Å². The minimum absolute atomic E-state index is 0.137. The summed E-state index contributed by atoms with van der Waals surface area (Å²) in [6.45, 7) is 2.97. The van der Waals surface area contributed by atoms with Crippen molar-refractivity contribution in [3.8, 4) is 0 Å². The van der Waals surface area contributed by atoms with E-state index in [1.165, 1.54) is 43.2 Å². The number of aryl methyl sites for hydroxylation is 1. The molecule has 3 unspecified atom stereocenters. The van der Waals surface area contributed by atoms with Crippen LogP contribution in [0.15, 0.2) is 24.3 Å². The van der Waals surface area contributed by atoms with E-state index in [1.54, 1.807) is 0 Å². The van der Waals surface area contributed by atoms with Crippen LogP contribution in [0.25, 0.3) is 0 Å². The van der Waals surface area contributed by atoms with Crippen LogP contribution >= 0.6 is 0 Å². The van der Waals surface area contributed by atoms with Crippen molar-refractivity contribution in [1.82, 2.24) is 4.90 Å². The fraction of sp³-hybridized carbons (Fsp3) is 0.667. The summed E-state index contributed by atoms with van der Waals surface area (Å²) in [4.78, 5) is 2.49. The Hall–Kier alpha value is -0.900. The summed E-state index contributed by atoms with van der Waals surface area (Å²) in [5.74, 6) is 0.675. The number of hydrogen-bond acceptors (Lipinski definition) is 3. The molecule has 21 heavy (non-hydrogen) atoms. The second-order valence-corrected chi connectivity index (χ2v) is 6.71. The summed E-state index contributed by atoms with van der Waals surface area (Å²) in [5, 5.41) is 0. The molecule has 0 saturated carbocycles. The highest BCUT2D eigenvalue weighted by molar-refractivity contribution is 5.32. The van der Waals surface area contributed by atoms with Gasteiger partial charge in [0, 0.05) is 25.2 Å². The molecule has 1 heterocycles. The Labute approximate surface area is 128 Å². The highest BCUT2D eigenvalue weighted by atomic mass is 16.5. The van der Waals surface area contributed by atoms with Crippen molar-refractivity contribution < 1.29 is 4.74 Å². The molecule has 3 rings (SSSR count). The molecular formula is C18H28N2O. The molecule has 0 amide bonds. The van der Waals surface area contributed by atoms with Gasteiger partial charge in [-0.2, -0.15) is 0 Å². The monoisotopic (exact) mass is 288 g/mol. The van der Waals surface area contributed by atoms with Crippen LogP contribution < -0.4 is 5.73 Å². The third-order valence-corrected chi connectivity index (χ3v) is 5.14. The highest BCUT2D eigenvalue weighted by Crippen LogP contribution is 2.30. The molecule has 1 aliphatic carbocycles. The zero-order valence-corrected chi connectivity index (χ0v) is 13.1. The van der Waals surface area contributed by atoms with Crippen LogP contribution in [0, 0.1) is 5.92 Å². The van der Waals surface area contributed by atoms with Crippen LogP contribution in [-0.4, -0.2) is 37.7 Å². The molecule has 0 aromatic heterocycles. The van der Waals surface area contributed by atoms with Gasteiger partial charge in [-0.15, -0.1) is 0 Å². The van der Waals surface area contributed by atoms with E-state index in [4.69, 9.17) is 10.5 Å². The van der Waals surface area contributed by atoms with Gasteiger partial charge in [-0.05, 0) is 56.2 Å². The summed E-state index contributed by atoms with van der Waals surface area (Å²) in [6.07, 6.45) is 6.10. The lowest BCUT2D eigenvalue weighted by molar-refractivity contribution is 0.0334. The number of benzene rings is 1. The van der Waals surface area contributed by atoms with E-state index in [9.17, 15) is 0 Å². The van der Waals surface area contributed by atoms with E-state index < -0.39 is 0 Å². The van der Waals surface area contributed by atoms with E-state index in [-0.39, 0.29) is 6.04 Å². The molecular weight excluding hydrogens is 260 g/mol. The van der Waals surface area contributed by atoms with Crippen LogP contribution in [0.2, 0.25) is 0 Å². The smallest absolute Gasteiger partial charge is 0.0506 e. The van der Waals surface area contributed by atoms with Crippen LogP contribution in [0.4, 0.5) is 0 Å². The van der Waals surface area contributed by atoms with E-state index in [1.807, 2.05) is 0 Å². The first-order valence-electron chi connectivity index (χ1n) is 8.37. The largest absolute Gasteiger partial charge is 0.381 e. The quantitative estimate of drug-likeness (QED) is 0.869. The Kier molecular flexibility index (Phi) is 4.94. The first kappa shape index (κ1) is 15.0. The fourth-order valence-electron chi connectivity index (χ4n) is 3.96. The maximum Gasteiger partial charge on any atom is 0.0506 e. The number of ether oxygens (including phenoxy) is 1. The van der Waals surface area contributed by atoms with E-state index >= 15 is 0 Å². The SMILES string of the molecule is CN(CC1CCCOC1)C1CCCc2ccccc2C1N. The maximum absolute atomic E-state index is 6.62. The summed E-state index contributed by atoms with van der Waals surface area (Å²) in [5.41, 5.74) is 9.42. The molecule has 0 spiro atoms. The molecule has 0 bridgehead atoms. The molecule has 2 aliphatic rings. The van der Waals surface area contributed by atoms with Crippen molar-refractivity contribution in [2.75, 3.05) is 26.8 Å². The standard InChI is InChI=1S/C18H28N2O/c1-20(12-14-6-5-11-21-13-14)17-10-4-8-15-7-2-3-9-16(15)18(17)19/h2-3,7,9,14,17-18H,4-6,8,10-13,19H2,1H3. The third kappa shape index (κ3) is 3.47. The van der Waals surface area contributed by atoms with Crippen LogP contribution in [0.1, 0.15) is 42.9 Å². The van der Waals surface area contributed by atoms with Crippen LogP contribution in [-0.2, 0) is 11.2 Å². The van der Waals surface area contributed by atoms with Gasteiger partial charge in [0.15, 0.2) is 0 Å². The fourth-order valence-corrected chi connectivity index (χ4v) is 3.96. The van der Waals surface area contributed by atoms with Crippen LogP contribution in [0.5, 0.6) is 0 Å². The van der Waals surface area contributed by atoms with Gasteiger partial charge in [0.1, 0.15) is 0 Å². The molecule has 3 nitrogen and oxygen atoms in total. The number of fused-ring (bicyclic) bond motifs is 1. The number of likely N-dealkylation sites (N-methyl/N-ethyl adjacent to an activating group) is 1. The van der Waals surface area contributed by atoms with Gasteiger partial charge < -0.3 is 15.4 Å². The highest BCUT2D eigenvalue weighted by Gasteiger charge is 2.29. The molecule has 116 valence electrons. The topological polar surface area (TPSA) is 38.5 Å². The first-order valence-corrected chi connectivity index (χ1v) is 8.37. The molecule has 1 aromatic rings. The van der Waals surface area contributed by atoms with E-state index in [0.29, 0.717) is 12.0 Å². The minimum atomic E-state index is 0.137. The Bertz CT molecular complexity index is 456. The van der Waals surface area contributed by atoms with E-state index in [2.05, 4.69) is 36.2 Å². The van der Waals surface area contributed by atoms with Crippen molar-refractivity contribution in [2.24, 2.45) is 11.7 Å². The predicted octanol–water partition coefficient (Wildman–Crippen LogP) is 2.75. The van der Waals surface area contributed by atoms with Crippen LogP contribution in [0.3, 0.4) is 0 Å². The van der Waals surface area contributed by atoms with Gasteiger partial charge in [-0.25, -0.2) is 0 Å². The van der Waals surface area contributed by atoms with E-state index in [0.717, 1.165) is 19.8 Å². The molecule has 3 heteroatoms. The molecule has 3 atom stereocenters. The number of hydrogen-bond donors (Lipinski definition) is 1. The van der Waals surface area contributed by atoms with Crippen molar-refractivity contribution in [2.45, 2.75) is 44.2 Å². The lowest BCUT2D eigenvalue weighted by Gasteiger charge is -2.35. The molecule has 2 N–H and O–H groups in total.